The minimum atomic E-state index is -0.0888. The zero-order valence-electron chi connectivity index (χ0n) is 15.8. The predicted molar refractivity (Wildman–Crippen MR) is 118 cm³/mol. The molecule has 1 aliphatic heterocycles. The van der Waals surface area contributed by atoms with E-state index in [9.17, 15) is 9.59 Å². The minimum absolute atomic E-state index is 0.0733. The van der Waals surface area contributed by atoms with Gasteiger partial charge in [0.15, 0.2) is 5.13 Å². The van der Waals surface area contributed by atoms with E-state index < -0.39 is 0 Å². The first-order valence-electron chi connectivity index (χ1n) is 9.52. The molecular formula is C21H22N4O2S2. The maximum Gasteiger partial charge on any atom is 0.231 e. The van der Waals surface area contributed by atoms with Crippen LogP contribution in [0.5, 0.6) is 0 Å². The Labute approximate surface area is 177 Å². The van der Waals surface area contributed by atoms with Crippen LogP contribution in [0.15, 0.2) is 53.2 Å². The molecule has 1 saturated heterocycles. The van der Waals surface area contributed by atoms with Crippen molar-refractivity contribution in [3.63, 3.8) is 0 Å². The number of anilines is 2. The van der Waals surface area contributed by atoms with Gasteiger partial charge in [-0.15, -0.1) is 22.7 Å². The molecule has 0 saturated carbocycles. The summed E-state index contributed by atoms with van der Waals surface area (Å²) in [5.41, 5.74) is 1.78. The van der Waals surface area contributed by atoms with Crippen molar-refractivity contribution in [2.24, 2.45) is 0 Å². The first-order chi connectivity index (χ1) is 14.2. The Morgan fingerprint density at radius 3 is 2.76 bits per heavy atom. The van der Waals surface area contributed by atoms with E-state index in [-0.39, 0.29) is 24.3 Å². The molecule has 1 fully saturated rings. The summed E-state index contributed by atoms with van der Waals surface area (Å²) < 4.78 is 0. The average molecular weight is 427 g/mol. The molecule has 1 atom stereocenters. The van der Waals surface area contributed by atoms with Crippen molar-refractivity contribution in [1.29, 1.82) is 0 Å². The number of aromatic nitrogens is 1. The molecule has 0 radical (unpaired) electrons. The molecule has 1 aromatic carbocycles. The van der Waals surface area contributed by atoms with Gasteiger partial charge < -0.3 is 15.5 Å². The van der Waals surface area contributed by atoms with Gasteiger partial charge >= 0.3 is 0 Å². The zero-order valence-corrected chi connectivity index (χ0v) is 17.5. The molecule has 0 spiro atoms. The van der Waals surface area contributed by atoms with E-state index in [0.29, 0.717) is 23.8 Å². The summed E-state index contributed by atoms with van der Waals surface area (Å²) in [6, 6.07) is 14.2. The van der Waals surface area contributed by atoms with E-state index in [0.717, 1.165) is 23.5 Å². The lowest BCUT2D eigenvalue weighted by molar-refractivity contribution is -0.129. The molecule has 6 nitrogen and oxygen atoms in total. The number of amides is 2. The Kier molecular flexibility index (Phi) is 6.21. The lowest BCUT2D eigenvalue weighted by Crippen LogP contribution is -2.32. The van der Waals surface area contributed by atoms with E-state index in [1.807, 2.05) is 58.1 Å². The van der Waals surface area contributed by atoms with Gasteiger partial charge in [-0.25, -0.2) is 4.98 Å². The number of hydrogen-bond donors (Lipinski definition) is 2. The van der Waals surface area contributed by atoms with Crippen LogP contribution >= 0.6 is 22.7 Å². The van der Waals surface area contributed by atoms with Crippen molar-refractivity contribution in [2.45, 2.75) is 25.3 Å². The molecule has 3 heterocycles. The number of likely N-dealkylation sites (tertiary alicyclic amines) is 1. The Bertz CT molecular complexity index is 956. The van der Waals surface area contributed by atoms with E-state index >= 15 is 0 Å². The smallest absolute Gasteiger partial charge is 0.231 e. The summed E-state index contributed by atoms with van der Waals surface area (Å²) in [4.78, 5) is 32.0. The lowest BCUT2D eigenvalue weighted by atomic mass is 10.2. The summed E-state index contributed by atoms with van der Waals surface area (Å²) in [6.45, 7) is 1.44. The number of rotatable bonds is 7. The molecule has 2 aromatic heterocycles. The molecule has 0 aliphatic carbocycles. The normalized spacial score (nSPS) is 16.0. The Morgan fingerprint density at radius 1 is 1.10 bits per heavy atom. The Balaban J connectivity index is 1.25. The Morgan fingerprint density at radius 2 is 1.97 bits per heavy atom. The highest BCUT2D eigenvalue weighted by Crippen LogP contribution is 2.20. The maximum absolute atomic E-state index is 12.6. The molecular weight excluding hydrogens is 404 g/mol. The van der Waals surface area contributed by atoms with Crippen molar-refractivity contribution < 1.29 is 9.59 Å². The number of carbonyl (C=O) groups is 2. The molecule has 2 N–H and O–H groups in total. The highest BCUT2D eigenvalue weighted by molar-refractivity contribution is 7.14. The summed E-state index contributed by atoms with van der Waals surface area (Å²) >= 11 is 2.91. The van der Waals surface area contributed by atoms with Crippen LogP contribution < -0.4 is 10.6 Å². The number of benzene rings is 1. The number of nitrogens with one attached hydrogen (secondary N) is 2. The second-order valence-electron chi connectivity index (χ2n) is 6.96. The number of thiophene rings is 1. The number of nitrogens with zero attached hydrogens (tertiary/aromatic N) is 2. The molecule has 1 aliphatic rings. The van der Waals surface area contributed by atoms with E-state index in [1.165, 1.54) is 11.3 Å². The van der Waals surface area contributed by atoms with Crippen LogP contribution in [-0.4, -0.2) is 40.8 Å². The number of carbonyl (C=O) groups excluding carboxylic acids is 2. The third-order valence-electron chi connectivity index (χ3n) is 4.73. The minimum Gasteiger partial charge on any atom is -0.380 e. The topological polar surface area (TPSA) is 74.3 Å². The summed E-state index contributed by atoms with van der Waals surface area (Å²) in [5, 5.41) is 10.6. The zero-order chi connectivity index (χ0) is 20.1. The highest BCUT2D eigenvalue weighted by Gasteiger charge is 2.26. The van der Waals surface area contributed by atoms with Gasteiger partial charge in [0.25, 0.3) is 0 Å². The maximum atomic E-state index is 12.6. The third kappa shape index (κ3) is 5.42. The van der Waals surface area contributed by atoms with Crippen LogP contribution in [-0.2, 0) is 22.4 Å². The van der Waals surface area contributed by atoms with Crippen molar-refractivity contribution in [3.8, 4) is 0 Å². The number of hydrogen-bond acceptors (Lipinski definition) is 6. The largest absolute Gasteiger partial charge is 0.380 e. The van der Waals surface area contributed by atoms with E-state index in [2.05, 4.69) is 15.6 Å². The summed E-state index contributed by atoms with van der Waals surface area (Å²) in [7, 11) is 0. The van der Waals surface area contributed by atoms with Gasteiger partial charge in [-0.05, 0) is 30.0 Å². The highest BCUT2D eigenvalue weighted by atomic mass is 32.1. The van der Waals surface area contributed by atoms with Crippen LogP contribution in [0, 0.1) is 0 Å². The van der Waals surface area contributed by atoms with Crippen LogP contribution in [0.4, 0.5) is 10.8 Å². The van der Waals surface area contributed by atoms with Crippen LogP contribution in [0.25, 0.3) is 0 Å². The van der Waals surface area contributed by atoms with E-state index in [1.54, 1.807) is 11.3 Å². The summed E-state index contributed by atoms with van der Waals surface area (Å²) in [6.07, 6.45) is 1.53. The van der Waals surface area contributed by atoms with Crippen LogP contribution in [0.3, 0.4) is 0 Å². The van der Waals surface area contributed by atoms with Gasteiger partial charge in [-0.3, -0.25) is 9.59 Å². The lowest BCUT2D eigenvalue weighted by Gasteiger charge is -2.17. The van der Waals surface area contributed by atoms with E-state index in [4.69, 9.17) is 0 Å². The van der Waals surface area contributed by atoms with Gasteiger partial charge in [0.2, 0.25) is 11.8 Å². The average Bonchev–Trinajstić information content (AvgIpc) is 3.46. The fourth-order valence-corrected chi connectivity index (χ4v) is 4.75. The Hall–Kier alpha value is -2.71. The molecule has 3 aromatic rings. The molecule has 1 unspecified atom stereocenters. The second kappa shape index (κ2) is 9.19. The first-order valence-corrected chi connectivity index (χ1v) is 11.3. The van der Waals surface area contributed by atoms with Crippen LogP contribution in [0.2, 0.25) is 0 Å². The van der Waals surface area contributed by atoms with Crippen molar-refractivity contribution in [3.05, 3.63) is 63.8 Å². The molecule has 2 amide bonds. The molecule has 0 bridgehead atoms. The van der Waals surface area contributed by atoms with Crippen molar-refractivity contribution >= 4 is 45.3 Å². The number of thiazole rings is 1. The van der Waals surface area contributed by atoms with Gasteiger partial charge in [-0.2, -0.15) is 0 Å². The standard InChI is InChI=1S/C21H22N4O2S2/c26-19(12-18-7-4-10-28-18)24-21-23-17(14-29-21)11-20(27)25-9-8-16(13-25)22-15-5-2-1-3-6-15/h1-7,10,14,16,22H,8-9,11-13H2,(H,23,24,26). The number of para-hydroxylation sites is 1. The third-order valence-corrected chi connectivity index (χ3v) is 6.41. The van der Waals surface area contributed by atoms with Gasteiger partial charge in [-0.1, -0.05) is 24.3 Å². The van der Waals surface area contributed by atoms with Gasteiger partial charge in [0, 0.05) is 35.1 Å². The fourth-order valence-electron chi connectivity index (χ4n) is 3.32. The first kappa shape index (κ1) is 19.6. The van der Waals surface area contributed by atoms with Gasteiger partial charge in [0.1, 0.15) is 0 Å². The van der Waals surface area contributed by atoms with Crippen LogP contribution in [0.1, 0.15) is 17.0 Å². The second-order valence-corrected chi connectivity index (χ2v) is 8.85. The molecule has 4 rings (SSSR count). The molecule has 8 heteroatoms. The molecule has 150 valence electrons. The fraction of sp³-hybridized carbons (Fsp3) is 0.286. The molecule has 29 heavy (non-hydrogen) atoms. The SMILES string of the molecule is O=C(Cc1cccs1)Nc1nc(CC(=O)N2CCC(Nc3ccccc3)C2)cs1. The monoisotopic (exact) mass is 426 g/mol. The van der Waals surface area contributed by atoms with Gasteiger partial charge in [0.05, 0.1) is 18.5 Å². The van der Waals surface area contributed by atoms with Crippen molar-refractivity contribution in [2.75, 3.05) is 23.7 Å². The summed E-state index contributed by atoms with van der Waals surface area (Å²) in [5.74, 6) is -0.0156. The quantitative estimate of drug-likeness (QED) is 0.605. The van der Waals surface area contributed by atoms with Crippen molar-refractivity contribution in [1.82, 2.24) is 9.88 Å². The predicted octanol–water partition coefficient (Wildman–Crippen LogP) is 3.64.